The van der Waals surface area contributed by atoms with Gasteiger partial charge in [-0.25, -0.2) is 27.8 Å². The molecule has 8 nitrogen and oxygen atoms in total. The van der Waals surface area contributed by atoms with Crippen LogP contribution in [-0.4, -0.2) is 46.1 Å². The number of hydrogen-bond acceptors (Lipinski definition) is 6. The average molecular weight is 572 g/mol. The van der Waals surface area contributed by atoms with Crippen LogP contribution < -0.4 is 4.72 Å². The van der Waals surface area contributed by atoms with Gasteiger partial charge in [0.05, 0.1) is 17.6 Å². The fraction of sp³-hybridized carbons (Fsp3) is 0.448. The maximum absolute atomic E-state index is 15.8. The molecule has 3 aromatic rings. The summed E-state index contributed by atoms with van der Waals surface area (Å²) in [4.78, 5) is 29.9. The number of ketones is 1. The van der Waals surface area contributed by atoms with Gasteiger partial charge in [0.25, 0.3) is 0 Å². The molecule has 4 rings (SSSR count). The summed E-state index contributed by atoms with van der Waals surface area (Å²) in [5, 5.41) is -0.280. The van der Waals surface area contributed by atoms with Gasteiger partial charge in [0.2, 0.25) is 10.0 Å². The van der Waals surface area contributed by atoms with E-state index in [1.807, 2.05) is 13.8 Å². The first-order chi connectivity index (χ1) is 19.0. The number of unbranched alkanes of at least 4 members (excludes halogenated alkanes) is 2. The third-order valence-electron chi connectivity index (χ3n) is 7.21. The number of alkyl halides is 1. The van der Waals surface area contributed by atoms with Crippen LogP contribution in [0.5, 0.6) is 0 Å². The van der Waals surface area contributed by atoms with Crippen LogP contribution in [0.25, 0.3) is 22.2 Å². The third-order valence-corrected chi connectivity index (χ3v) is 9.01. The Morgan fingerprint density at radius 3 is 2.48 bits per heavy atom. The van der Waals surface area contributed by atoms with Gasteiger partial charge in [0, 0.05) is 58.4 Å². The Morgan fingerprint density at radius 1 is 1.10 bits per heavy atom. The molecule has 0 saturated heterocycles. The van der Waals surface area contributed by atoms with E-state index >= 15 is 4.39 Å². The van der Waals surface area contributed by atoms with Crippen molar-refractivity contribution in [2.75, 3.05) is 6.67 Å². The number of carbonyl (C=O) groups is 1. The standard InChI is InChI=1S/C29H35F2N5O3S/c1-17(2)28-32-14-21(15-33-28)20-12-22-23(16-35-29(22)34-13-20)27(37)25-18(3)9-10-24(26(25)31)36-40(38,39)19(4)8-6-5-7-11-30/h10,12-19,36H,5-9,11H2,1-4H3,(H,34,35). The fourth-order valence-electron chi connectivity index (χ4n) is 4.66. The number of halogens is 2. The lowest BCUT2D eigenvalue weighted by atomic mass is 9.86. The lowest BCUT2D eigenvalue weighted by Crippen LogP contribution is -2.34. The second-order valence-corrected chi connectivity index (χ2v) is 12.7. The van der Waals surface area contributed by atoms with Gasteiger partial charge in [-0.1, -0.05) is 39.7 Å². The number of aromatic amines is 1. The smallest absolute Gasteiger partial charge is 0.235 e. The third kappa shape index (κ3) is 6.29. The number of carbonyl (C=O) groups excluding carboxylic acids is 1. The topological polar surface area (TPSA) is 118 Å². The minimum absolute atomic E-state index is 0.0910. The summed E-state index contributed by atoms with van der Waals surface area (Å²) < 4.78 is 56.2. The maximum atomic E-state index is 15.8. The highest BCUT2D eigenvalue weighted by Crippen LogP contribution is 2.35. The molecule has 1 aliphatic rings. The van der Waals surface area contributed by atoms with E-state index in [0.717, 1.165) is 11.4 Å². The van der Waals surface area contributed by atoms with Crippen molar-refractivity contribution < 1.29 is 22.0 Å². The minimum Gasteiger partial charge on any atom is -0.345 e. The number of fused-ring (bicyclic) bond motifs is 1. The highest BCUT2D eigenvalue weighted by atomic mass is 32.2. The summed E-state index contributed by atoms with van der Waals surface area (Å²) in [5.74, 6) is -0.978. The lowest BCUT2D eigenvalue weighted by Gasteiger charge is -2.23. The van der Waals surface area contributed by atoms with Crippen LogP contribution in [0.3, 0.4) is 0 Å². The number of sulfonamides is 1. The monoisotopic (exact) mass is 571 g/mol. The molecule has 3 aromatic heterocycles. The Labute approximate surface area is 233 Å². The first-order valence-corrected chi connectivity index (χ1v) is 15.1. The number of nitrogens with one attached hydrogen (secondary N) is 2. The minimum atomic E-state index is -3.91. The molecule has 3 heterocycles. The van der Waals surface area contributed by atoms with Crippen molar-refractivity contribution in [3.63, 3.8) is 0 Å². The normalized spacial score (nSPS) is 16.9. The van der Waals surface area contributed by atoms with Crippen molar-refractivity contribution in [1.29, 1.82) is 0 Å². The predicted molar refractivity (Wildman–Crippen MR) is 151 cm³/mol. The number of pyridine rings is 1. The summed E-state index contributed by atoms with van der Waals surface area (Å²) in [6.07, 6.45) is 10.2. The zero-order valence-electron chi connectivity index (χ0n) is 23.2. The van der Waals surface area contributed by atoms with Crippen LogP contribution in [0, 0.1) is 5.92 Å². The molecular weight excluding hydrogens is 536 g/mol. The number of Topliss-reactive ketones (excluding diaryl/α,β-unsaturated/α-hetero) is 1. The van der Waals surface area contributed by atoms with Crippen LogP contribution >= 0.6 is 0 Å². The molecule has 0 aliphatic heterocycles. The molecule has 2 atom stereocenters. The van der Waals surface area contributed by atoms with E-state index in [4.69, 9.17) is 0 Å². The van der Waals surface area contributed by atoms with Crippen molar-refractivity contribution in [1.82, 2.24) is 24.7 Å². The first-order valence-electron chi connectivity index (χ1n) is 13.5. The molecule has 2 unspecified atom stereocenters. The largest absolute Gasteiger partial charge is 0.345 e. The van der Waals surface area contributed by atoms with E-state index in [1.54, 1.807) is 31.6 Å². The molecule has 0 fully saturated rings. The van der Waals surface area contributed by atoms with E-state index in [0.29, 0.717) is 48.7 Å². The van der Waals surface area contributed by atoms with Gasteiger partial charge in [0.15, 0.2) is 11.6 Å². The van der Waals surface area contributed by atoms with Gasteiger partial charge in [-0.2, -0.15) is 0 Å². The summed E-state index contributed by atoms with van der Waals surface area (Å²) in [5.41, 5.74) is 1.83. The Bertz CT molecular complexity index is 1550. The summed E-state index contributed by atoms with van der Waals surface area (Å²) in [6, 6.07) is 1.79. The van der Waals surface area contributed by atoms with Crippen molar-refractivity contribution in [3.05, 3.63) is 65.4 Å². The molecule has 40 heavy (non-hydrogen) atoms. The van der Waals surface area contributed by atoms with Crippen LogP contribution in [0.1, 0.15) is 81.9 Å². The van der Waals surface area contributed by atoms with Gasteiger partial charge in [-0.3, -0.25) is 13.9 Å². The van der Waals surface area contributed by atoms with Crippen molar-refractivity contribution in [2.45, 2.75) is 71.0 Å². The Hall–Kier alpha value is -3.47. The molecule has 0 amide bonds. The molecule has 2 N–H and O–H groups in total. The molecule has 0 spiro atoms. The van der Waals surface area contributed by atoms with E-state index in [9.17, 15) is 17.6 Å². The van der Waals surface area contributed by atoms with E-state index in [1.165, 1.54) is 19.2 Å². The Kier molecular flexibility index (Phi) is 9.12. The number of H-pyrrole nitrogens is 1. The van der Waals surface area contributed by atoms with Gasteiger partial charge in [0.1, 0.15) is 11.5 Å². The van der Waals surface area contributed by atoms with E-state index < -0.39 is 39.5 Å². The van der Waals surface area contributed by atoms with Crippen molar-refractivity contribution in [2.24, 2.45) is 5.92 Å². The SMILES string of the molecule is CC1CC=C(NS(=O)(=O)C(C)CCCCCF)C(F)=C1C(=O)c1c[nH]c2ncc(-c3cnc(C(C)C)nc3)cc12. The van der Waals surface area contributed by atoms with E-state index in [-0.39, 0.29) is 22.8 Å². The molecule has 0 aromatic carbocycles. The average Bonchev–Trinajstić information content (AvgIpc) is 3.36. The van der Waals surface area contributed by atoms with Crippen LogP contribution in [0.2, 0.25) is 0 Å². The molecule has 214 valence electrons. The number of rotatable bonds is 12. The molecule has 0 saturated carbocycles. The molecular formula is C29H35F2N5O3S. The number of aromatic nitrogens is 4. The highest BCUT2D eigenvalue weighted by Gasteiger charge is 2.32. The van der Waals surface area contributed by atoms with Crippen LogP contribution in [0.4, 0.5) is 8.78 Å². The fourth-order valence-corrected chi connectivity index (χ4v) is 5.82. The zero-order valence-corrected chi connectivity index (χ0v) is 24.0. The number of allylic oxidation sites excluding steroid dienone is 3. The molecule has 0 bridgehead atoms. The van der Waals surface area contributed by atoms with Crippen molar-refractivity contribution in [3.8, 4) is 11.1 Å². The summed E-state index contributed by atoms with van der Waals surface area (Å²) >= 11 is 0. The maximum Gasteiger partial charge on any atom is 0.235 e. The number of nitrogens with zero attached hydrogens (tertiary/aromatic N) is 3. The van der Waals surface area contributed by atoms with E-state index in [2.05, 4.69) is 24.7 Å². The molecule has 11 heteroatoms. The Morgan fingerprint density at radius 2 is 1.80 bits per heavy atom. The molecule has 0 radical (unpaired) electrons. The number of hydrogen-bond donors (Lipinski definition) is 2. The second-order valence-electron chi connectivity index (χ2n) is 10.6. The van der Waals surface area contributed by atoms with Gasteiger partial charge in [-0.15, -0.1) is 0 Å². The summed E-state index contributed by atoms with van der Waals surface area (Å²) in [6.45, 7) is 6.84. The summed E-state index contributed by atoms with van der Waals surface area (Å²) in [7, 11) is -3.91. The highest BCUT2D eigenvalue weighted by molar-refractivity contribution is 7.90. The Balaban J connectivity index is 1.61. The zero-order chi connectivity index (χ0) is 29.0. The van der Waals surface area contributed by atoms with Gasteiger partial charge >= 0.3 is 0 Å². The quantitative estimate of drug-likeness (QED) is 0.194. The van der Waals surface area contributed by atoms with Gasteiger partial charge < -0.3 is 4.98 Å². The molecule has 1 aliphatic carbocycles. The van der Waals surface area contributed by atoms with Crippen LogP contribution in [0.15, 0.2) is 54.0 Å². The first kappa shape index (κ1) is 29.5. The predicted octanol–water partition coefficient (Wildman–Crippen LogP) is 6.31. The van der Waals surface area contributed by atoms with Gasteiger partial charge in [-0.05, 0) is 38.2 Å². The second kappa shape index (κ2) is 12.4. The lowest BCUT2D eigenvalue weighted by molar-refractivity contribution is 0.102. The van der Waals surface area contributed by atoms with Crippen molar-refractivity contribution >= 4 is 26.8 Å². The van der Waals surface area contributed by atoms with Crippen LogP contribution in [-0.2, 0) is 10.0 Å².